The highest BCUT2D eigenvalue weighted by Crippen LogP contribution is 2.27. The molecule has 5 nitrogen and oxygen atoms in total. The number of carbonyl (C=O) groups excluding carboxylic acids is 1. The number of fused-ring (bicyclic) bond motifs is 1. The molecule has 3 N–H and O–H groups in total. The van der Waals surface area contributed by atoms with Gasteiger partial charge >= 0.3 is 0 Å². The molecule has 0 saturated carbocycles. The van der Waals surface area contributed by atoms with Crippen molar-refractivity contribution < 1.29 is 9.90 Å². The molecule has 1 aromatic heterocycles. The number of para-hydroxylation sites is 1. The predicted molar refractivity (Wildman–Crippen MR) is 155 cm³/mol. The van der Waals surface area contributed by atoms with E-state index in [9.17, 15) is 9.90 Å². The summed E-state index contributed by atoms with van der Waals surface area (Å²) in [5.41, 5.74) is 4.99. The van der Waals surface area contributed by atoms with Crippen LogP contribution in [-0.4, -0.2) is 46.6 Å². The van der Waals surface area contributed by atoms with Gasteiger partial charge in [-0.05, 0) is 73.4 Å². The Balaban J connectivity index is 1.19. The molecule has 38 heavy (non-hydrogen) atoms. The molecule has 3 aromatic carbocycles. The number of aliphatic hydroxyl groups excluding tert-OH is 1. The number of nitrogens with zero attached hydrogens (tertiary/aromatic N) is 1. The molecule has 6 heteroatoms. The van der Waals surface area contributed by atoms with Crippen molar-refractivity contribution in [1.29, 1.82) is 0 Å². The van der Waals surface area contributed by atoms with Crippen LogP contribution in [0, 0.1) is 5.92 Å². The molecule has 2 atom stereocenters. The van der Waals surface area contributed by atoms with Crippen LogP contribution in [0.25, 0.3) is 10.9 Å². The number of nitrogens with one attached hydrogen (secondary N) is 2. The zero-order valence-electron chi connectivity index (χ0n) is 21.9. The summed E-state index contributed by atoms with van der Waals surface area (Å²) in [4.78, 5) is 18.9. The average molecular weight is 530 g/mol. The first-order chi connectivity index (χ1) is 18.5. The zero-order chi connectivity index (χ0) is 26.5. The fourth-order valence-corrected chi connectivity index (χ4v) is 5.76. The van der Waals surface area contributed by atoms with E-state index in [-0.39, 0.29) is 11.9 Å². The van der Waals surface area contributed by atoms with E-state index in [2.05, 4.69) is 53.6 Å². The van der Waals surface area contributed by atoms with Gasteiger partial charge in [-0.25, -0.2) is 0 Å². The van der Waals surface area contributed by atoms with Gasteiger partial charge in [0, 0.05) is 42.3 Å². The summed E-state index contributed by atoms with van der Waals surface area (Å²) in [5.74, 6) is 0.735. The van der Waals surface area contributed by atoms with Gasteiger partial charge in [-0.3, -0.25) is 4.79 Å². The van der Waals surface area contributed by atoms with Gasteiger partial charge in [0.25, 0.3) is 5.91 Å². The molecule has 1 amide bonds. The number of amides is 1. The van der Waals surface area contributed by atoms with Crippen LogP contribution in [0.15, 0.2) is 79.0 Å². The van der Waals surface area contributed by atoms with Crippen molar-refractivity contribution in [3.8, 4) is 0 Å². The summed E-state index contributed by atoms with van der Waals surface area (Å²) >= 11 is 6.06. The molecule has 5 rings (SSSR count). The minimum Gasteiger partial charge on any atom is -0.387 e. The van der Waals surface area contributed by atoms with E-state index in [0.29, 0.717) is 17.5 Å². The lowest BCUT2D eigenvalue weighted by Gasteiger charge is -2.32. The second kappa shape index (κ2) is 12.2. The van der Waals surface area contributed by atoms with Crippen LogP contribution >= 0.6 is 11.6 Å². The van der Waals surface area contributed by atoms with Crippen LogP contribution < -0.4 is 5.32 Å². The van der Waals surface area contributed by atoms with E-state index < -0.39 is 6.10 Å². The molecule has 1 aliphatic heterocycles. The molecule has 198 valence electrons. The molecule has 1 aliphatic rings. The standard InChI is InChI=1S/C32H36ClN3O2/c1-22(34-21-30(37)25-9-5-10-27(33)19-25)17-26-20-35-31-28(26)11-6-12-29(31)32(38)36-15-13-24(14-16-36)18-23-7-3-2-4-8-23/h2-12,19-20,22,24,30,34-35,37H,13-18,21H2,1H3/t22-,30+/m1/s1. The van der Waals surface area contributed by atoms with Gasteiger partial charge in [0.1, 0.15) is 0 Å². The van der Waals surface area contributed by atoms with Crippen LogP contribution in [0.3, 0.4) is 0 Å². The molecule has 0 aliphatic carbocycles. The molecule has 1 fully saturated rings. The van der Waals surface area contributed by atoms with Crippen LogP contribution in [0.4, 0.5) is 0 Å². The van der Waals surface area contributed by atoms with E-state index >= 15 is 0 Å². The Hall–Kier alpha value is -3.12. The van der Waals surface area contributed by atoms with Crippen molar-refractivity contribution in [3.63, 3.8) is 0 Å². The number of halogens is 1. The first-order valence-corrected chi connectivity index (χ1v) is 13.9. The highest BCUT2D eigenvalue weighted by Gasteiger charge is 2.25. The maximum Gasteiger partial charge on any atom is 0.255 e. The van der Waals surface area contributed by atoms with Gasteiger partial charge < -0.3 is 20.3 Å². The monoisotopic (exact) mass is 529 g/mol. The van der Waals surface area contributed by atoms with Crippen molar-refractivity contribution in [2.45, 2.75) is 44.8 Å². The smallest absolute Gasteiger partial charge is 0.255 e. The number of benzene rings is 3. The minimum absolute atomic E-state index is 0.109. The van der Waals surface area contributed by atoms with Crippen molar-refractivity contribution in [2.75, 3.05) is 19.6 Å². The number of aromatic nitrogens is 1. The predicted octanol–water partition coefficient (Wildman–Crippen LogP) is 6.17. The number of rotatable bonds is 9. The number of hydrogen-bond acceptors (Lipinski definition) is 3. The topological polar surface area (TPSA) is 68.4 Å². The second-order valence-corrected chi connectivity index (χ2v) is 11.0. The zero-order valence-corrected chi connectivity index (χ0v) is 22.6. The molecular weight excluding hydrogens is 494 g/mol. The fraction of sp³-hybridized carbons (Fsp3) is 0.344. The Morgan fingerprint density at radius 3 is 2.61 bits per heavy atom. The number of H-pyrrole nitrogens is 1. The normalized spacial score (nSPS) is 16.0. The summed E-state index contributed by atoms with van der Waals surface area (Å²) in [5, 5.41) is 15.7. The number of carbonyl (C=O) groups is 1. The molecule has 0 bridgehead atoms. The van der Waals surface area contributed by atoms with Crippen molar-refractivity contribution in [1.82, 2.24) is 15.2 Å². The molecular formula is C32H36ClN3O2. The molecule has 0 spiro atoms. The van der Waals surface area contributed by atoms with E-state index in [0.717, 1.165) is 66.4 Å². The summed E-state index contributed by atoms with van der Waals surface area (Å²) in [7, 11) is 0. The summed E-state index contributed by atoms with van der Waals surface area (Å²) in [6, 6.07) is 24.1. The van der Waals surface area contributed by atoms with Crippen LogP contribution in [0.1, 0.15) is 52.9 Å². The SMILES string of the molecule is C[C@H](Cc1c[nH]c2c(C(=O)N3CCC(Cc4ccccc4)CC3)cccc12)NC[C@H](O)c1cccc(Cl)c1. The van der Waals surface area contributed by atoms with Crippen LogP contribution in [0.2, 0.25) is 5.02 Å². The number of piperidine rings is 1. The largest absolute Gasteiger partial charge is 0.387 e. The van der Waals surface area contributed by atoms with Gasteiger partial charge in [0.2, 0.25) is 0 Å². The second-order valence-electron chi connectivity index (χ2n) is 10.6. The summed E-state index contributed by atoms with van der Waals surface area (Å²) in [6.45, 7) is 4.15. The average Bonchev–Trinajstić information content (AvgIpc) is 3.35. The Kier molecular flexibility index (Phi) is 8.48. The Labute approximate surface area is 229 Å². The highest BCUT2D eigenvalue weighted by molar-refractivity contribution is 6.30. The first kappa shape index (κ1) is 26.5. The number of hydrogen-bond donors (Lipinski definition) is 3. The lowest BCUT2D eigenvalue weighted by Crippen LogP contribution is -2.39. The number of likely N-dealkylation sites (tertiary alicyclic amines) is 1. The Bertz CT molecular complexity index is 1360. The van der Waals surface area contributed by atoms with Gasteiger partial charge in [-0.2, -0.15) is 0 Å². The Morgan fingerprint density at radius 1 is 1.08 bits per heavy atom. The van der Waals surface area contributed by atoms with E-state index in [4.69, 9.17) is 11.6 Å². The van der Waals surface area contributed by atoms with Crippen molar-refractivity contribution in [3.05, 3.63) is 106 Å². The summed E-state index contributed by atoms with van der Waals surface area (Å²) < 4.78 is 0. The van der Waals surface area contributed by atoms with Gasteiger partial charge in [-0.1, -0.05) is 66.2 Å². The maximum atomic E-state index is 13.5. The fourth-order valence-electron chi connectivity index (χ4n) is 5.56. The first-order valence-electron chi connectivity index (χ1n) is 13.6. The lowest BCUT2D eigenvalue weighted by atomic mass is 9.90. The summed E-state index contributed by atoms with van der Waals surface area (Å²) in [6.07, 6.45) is 5.33. The van der Waals surface area contributed by atoms with E-state index in [1.54, 1.807) is 12.1 Å². The number of aliphatic hydroxyl groups is 1. The third kappa shape index (κ3) is 6.29. The number of aromatic amines is 1. The van der Waals surface area contributed by atoms with Crippen molar-refractivity contribution in [2.24, 2.45) is 5.92 Å². The van der Waals surface area contributed by atoms with Gasteiger partial charge in [-0.15, -0.1) is 0 Å². The Morgan fingerprint density at radius 2 is 1.84 bits per heavy atom. The van der Waals surface area contributed by atoms with Crippen LogP contribution in [0.5, 0.6) is 0 Å². The van der Waals surface area contributed by atoms with Gasteiger partial charge in [0.05, 0.1) is 17.2 Å². The quantitative estimate of drug-likeness (QED) is 0.243. The molecule has 2 heterocycles. The molecule has 0 radical (unpaired) electrons. The molecule has 1 saturated heterocycles. The molecule has 4 aromatic rings. The third-order valence-electron chi connectivity index (χ3n) is 7.72. The minimum atomic E-state index is -0.625. The van der Waals surface area contributed by atoms with E-state index in [1.807, 2.05) is 35.4 Å². The van der Waals surface area contributed by atoms with Crippen LogP contribution in [-0.2, 0) is 12.8 Å². The highest BCUT2D eigenvalue weighted by atomic mass is 35.5. The third-order valence-corrected chi connectivity index (χ3v) is 7.95. The lowest BCUT2D eigenvalue weighted by molar-refractivity contribution is 0.0692. The van der Waals surface area contributed by atoms with E-state index in [1.165, 1.54) is 5.56 Å². The molecule has 0 unspecified atom stereocenters. The van der Waals surface area contributed by atoms with Gasteiger partial charge in [0.15, 0.2) is 0 Å². The van der Waals surface area contributed by atoms with Crippen molar-refractivity contribution >= 4 is 28.4 Å². The maximum absolute atomic E-state index is 13.5.